The third-order valence-corrected chi connectivity index (χ3v) is 3.13. The zero-order chi connectivity index (χ0) is 5.98. The first-order chi connectivity index (χ1) is 3.84. The third kappa shape index (κ3) is 1.24. The van der Waals surface area contributed by atoms with Crippen molar-refractivity contribution in [3.8, 4) is 0 Å². The van der Waals surface area contributed by atoms with Crippen molar-refractivity contribution in [1.29, 1.82) is 0 Å². The minimum absolute atomic E-state index is 0.865. The Hall–Kier alpha value is 0.470. The molecule has 0 spiro atoms. The summed E-state index contributed by atoms with van der Waals surface area (Å²) in [6.45, 7) is 0. The van der Waals surface area contributed by atoms with Crippen molar-refractivity contribution in [3.05, 3.63) is 21.3 Å². The van der Waals surface area contributed by atoms with Gasteiger partial charge in [0.1, 0.15) is 0 Å². The molecule has 1 aromatic rings. The molecule has 1 rings (SSSR count). The number of hydrogen-bond donors (Lipinski definition) is 0. The predicted molar refractivity (Wildman–Crippen MR) is 42.0 cm³/mol. The van der Waals surface area contributed by atoms with E-state index >= 15 is 0 Å². The molecule has 0 saturated carbocycles. The average Bonchev–Trinajstić information content (AvgIpc) is 2.14. The molecule has 0 aliphatic heterocycles. The Bertz CT molecular complexity index is 173. The van der Waals surface area contributed by atoms with Crippen LogP contribution in [0.3, 0.4) is 0 Å². The summed E-state index contributed by atoms with van der Waals surface area (Å²) >= 11 is 10.7. The number of hydrogen-bond acceptors (Lipinski definition) is 1. The molecular weight excluding hydrogens is 207 g/mol. The Morgan fingerprint density at radius 1 is 1.75 bits per heavy atom. The highest BCUT2D eigenvalue weighted by Crippen LogP contribution is 2.23. The maximum Gasteiger partial charge on any atom is 0.0553 e. The van der Waals surface area contributed by atoms with E-state index in [0.29, 0.717) is 0 Å². The molecule has 8 heavy (non-hydrogen) atoms. The molecular formula is C5H4BrClS. The van der Waals surface area contributed by atoms with Gasteiger partial charge in [-0.15, -0.1) is 11.3 Å². The van der Waals surface area contributed by atoms with E-state index in [1.165, 1.54) is 4.88 Å². The van der Waals surface area contributed by atoms with Gasteiger partial charge in [0.05, 0.1) is 5.02 Å². The van der Waals surface area contributed by atoms with Crippen molar-refractivity contribution in [1.82, 2.24) is 0 Å². The number of alkyl halides is 1. The summed E-state index contributed by atoms with van der Waals surface area (Å²) in [6.07, 6.45) is 0. The molecule has 0 N–H and O–H groups in total. The van der Waals surface area contributed by atoms with E-state index in [-0.39, 0.29) is 0 Å². The molecule has 1 aromatic heterocycles. The van der Waals surface area contributed by atoms with Crippen molar-refractivity contribution in [3.63, 3.8) is 0 Å². The Kier molecular flexibility index (Phi) is 2.35. The fourth-order valence-electron chi connectivity index (χ4n) is 0.420. The van der Waals surface area contributed by atoms with E-state index in [2.05, 4.69) is 15.9 Å². The van der Waals surface area contributed by atoms with E-state index in [4.69, 9.17) is 11.6 Å². The van der Waals surface area contributed by atoms with Crippen LogP contribution in [0.4, 0.5) is 0 Å². The number of rotatable bonds is 1. The van der Waals surface area contributed by atoms with Crippen molar-refractivity contribution in [2.24, 2.45) is 0 Å². The third-order valence-electron chi connectivity index (χ3n) is 0.812. The minimum Gasteiger partial charge on any atom is -0.146 e. The topological polar surface area (TPSA) is 0 Å². The molecule has 0 atom stereocenters. The van der Waals surface area contributed by atoms with Gasteiger partial charge in [-0.05, 0) is 11.4 Å². The molecule has 0 nitrogen and oxygen atoms in total. The van der Waals surface area contributed by atoms with Crippen LogP contribution >= 0.6 is 38.9 Å². The first kappa shape index (κ1) is 6.59. The van der Waals surface area contributed by atoms with Gasteiger partial charge in [0.25, 0.3) is 0 Å². The summed E-state index contributed by atoms with van der Waals surface area (Å²) in [7, 11) is 0. The van der Waals surface area contributed by atoms with Crippen LogP contribution in [-0.2, 0) is 5.33 Å². The molecule has 3 heteroatoms. The lowest BCUT2D eigenvalue weighted by atomic mass is 10.5. The van der Waals surface area contributed by atoms with Crippen molar-refractivity contribution >= 4 is 38.9 Å². The average molecular weight is 212 g/mol. The summed E-state index contributed by atoms with van der Waals surface area (Å²) in [5.41, 5.74) is 0. The quantitative estimate of drug-likeness (QED) is 0.625. The van der Waals surface area contributed by atoms with Crippen LogP contribution in [0, 0.1) is 0 Å². The van der Waals surface area contributed by atoms with E-state index in [1.807, 2.05) is 11.4 Å². The SMILES string of the molecule is Clc1ccsc1CBr. The molecule has 0 aliphatic carbocycles. The van der Waals surface area contributed by atoms with Crippen LogP contribution < -0.4 is 0 Å². The second-order valence-electron chi connectivity index (χ2n) is 1.33. The molecule has 44 valence electrons. The summed E-state index contributed by atoms with van der Waals surface area (Å²) in [6, 6.07) is 1.91. The molecule has 0 saturated heterocycles. The fourth-order valence-corrected chi connectivity index (χ4v) is 2.23. The van der Waals surface area contributed by atoms with E-state index < -0.39 is 0 Å². The second kappa shape index (κ2) is 2.85. The lowest BCUT2D eigenvalue weighted by Crippen LogP contribution is -1.63. The van der Waals surface area contributed by atoms with Crippen LogP contribution in [-0.4, -0.2) is 0 Å². The Morgan fingerprint density at radius 2 is 2.50 bits per heavy atom. The zero-order valence-electron chi connectivity index (χ0n) is 4.03. The molecule has 0 unspecified atom stereocenters. The first-order valence-corrected chi connectivity index (χ1v) is 4.50. The van der Waals surface area contributed by atoms with Gasteiger partial charge in [-0.2, -0.15) is 0 Å². The fraction of sp³-hybridized carbons (Fsp3) is 0.200. The Balaban J connectivity index is 2.92. The summed E-state index contributed by atoms with van der Waals surface area (Å²) in [5.74, 6) is 0. The molecule has 0 aromatic carbocycles. The van der Waals surface area contributed by atoms with Gasteiger partial charge in [-0.3, -0.25) is 0 Å². The summed E-state index contributed by atoms with van der Waals surface area (Å²) < 4.78 is 0. The van der Waals surface area contributed by atoms with Gasteiger partial charge in [-0.25, -0.2) is 0 Å². The monoisotopic (exact) mass is 210 g/mol. The molecule has 0 amide bonds. The molecule has 0 bridgehead atoms. The van der Waals surface area contributed by atoms with Crippen LogP contribution in [0.1, 0.15) is 4.88 Å². The van der Waals surface area contributed by atoms with Gasteiger partial charge in [0.15, 0.2) is 0 Å². The highest BCUT2D eigenvalue weighted by Gasteiger charge is 1.96. The normalized spacial score (nSPS) is 9.75. The van der Waals surface area contributed by atoms with Gasteiger partial charge in [0, 0.05) is 10.2 Å². The summed E-state index contributed by atoms with van der Waals surface area (Å²) in [4.78, 5) is 1.20. The second-order valence-corrected chi connectivity index (χ2v) is 3.29. The number of thiophene rings is 1. The van der Waals surface area contributed by atoms with Gasteiger partial charge < -0.3 is 0 Å². The lowest BCUT2D eigenvalue weighted by Gasteiger charge is -1.83. The molecule has 0 radical (unpaired) electrons. The highest BCUT2D eigenvalue weighted by molar-refractivity contribution is 9.08. The smallest absolute Gasteiger partial charge is 0.0553 e. The van der Waals surface area contributed by atoms with E-state index in [9.17, 15) is 0 Å². The zero-order valence-corrected chi connectivity index (χ0v) is 7.18. The van der Waals surface area contributed by atoms with Crippen molar-refractivity contribution in [2.45, 2.75) is 5.33 Å². The van der Waals surface area contributed by atoms with Crippen LogP contribution in [0.5, 0.6) is 0 Å². The van der Waals surface area contributed by atoms with Crippen molar-refractivity contribution < 1.29 is 0 Å². The van der Waals surface area contributed by atoms with Crippen LogP contribution in [0.25, 0.3) is 0 Å². The van der Waals surface area contributed by atoms with Crippen LogP contribution in [0.2, 0.25) is 5.02 Å². The Morgan fingerprint density at radius 3 is 2.75 bits per heavy atom. The summed E-state index contributed by atoms with van der Waals surface area (Å²) in [5, 5.41) is 3.72. The molecule has 0 aliphatic rings. The largest absolute Gasteiger partial charge is 0.146 e. The number of halogens is 2. The first-order valence-electron chi connectivity index (χ1n) is 2.12. The highest BCUT2D eigenvalue weighted by atomic mass is 79.9. The molecule has 1 heterocycles. The van der Waals surface area contributed by atoms with Crippen molar-refractivity contribution in [2.75, 3.05) is 0 Å². The van der Waals surface area contributed by atoms with Gasteiger partial charge >= 0.3 is 0 Å². The maximum absolute atomic E-state index is 5.72. The van der Waals surface area contributed by atoms with Gasteiger partial charge in [0.2, 0.25) is 0 Å². The Labute approximate surface area is 65.6 Å². The minimum atomic E-state index is 0.865. The van der Waals surface area contributed by atoms with E-state index in [0.717, 1.165) is 10.4 Å². The van der Waals surface area contributed by atoms with Gasteiger partial charge in [-0.1, -0.05) is 27.5 Å². The standard InChI is InChI=1S/C5H4BrClS/c6-3-5-4(7)1-2-8-5/h1-2H,3H2. The van der Waals surface area contributed by atoms with E-state index in [1.54, 1.807) is 11.3 Å². The lowest BCUT2D eigenvalue weighted by molar-refractivity contribution is 1.58. The maximum atomic E-state index is 5.72. The molecule has 0 fully saturated rings. The predicted octanol–water partition coefficient (Wildman–Crippen LogP) is 3.30. The van der Waals surface area contributed by atoms with Crippen LogP contribution in [0.15, 0.2) is 11.4 Å².